The molecular weight excluding hydrogens is 387 g/mol. The zero-order valence-corrected chi connectivity index (χ0v) is 15.6. The van der Waals surface area contributed by atoms with Gasteiger partial charge in [-0.05, 0) is 25.1 Å². The number of hydrogen-bond acceptors (Lipinski definition) is 8. The summed E-state index contributed by atoms with van der Waals surface area (Å²) in [5.74, 6) is -0.330. The Kier molecular flexibility index (Phi) is 6.28. The Hall–Kier alpha value is -3.33. The van der Waals surface area contributed by atoms with Gasteiger partial charge in [0.15, 0.2) is 0 Å². The first-order valence-electron chi connectivity index (χ1n) is 8.30. The van der Waals surface area contributed by atoms with Crippen molar-refractivity contribution in [1.82, 2.24) is 19.9 Å². The van der Waals surface area contributed by atoms with Crippen LogP contribution >= 0.6 is 11.6 Å². The summed E-state index contributed by atoms with van der Waals surface area (Å²) in [6.07, 6.45) is 6.18. The number of rotatable bonds is 7. The number of ether oxygens (including phenoxy) is 1. The molecule has 0 aliphatic carbocycles. The van der Waals surface area contributed by atoms with Gasteiger partial charge in [-0.25, -0.2) is 19.3 Å². The number of anilines is 3. The standard InChI is InChI=1S/C18H16ClFN6O2/c1-2-28-16(27)9-23-17-13(11-6-21-10-22-7-11)8-24-18(26-17)25-12-3-4-15(20)14(19)5-12/h3-8,10H,2,9H2,1H3,(H2,23,24,25,26). The summed E-state index contributed by atoms with van der Waals surface area (Å²) < 4.78 is 18.2. The summed E-state index contributed by atoms with van der Waals surface area (Å²) in [5.41, 5.74) is 1.79. The number of halogens is 2. The van der Waals surface area contributed by atoms with Gasteiger partial charge in [-0.3, -0.25) is 4.79 Å². The first-order chi connectivity index (χ1) is 13.6. The van der Waals surface area contributed by atoms with E-state index < -0.39 is 11.8 Å². The monoisotopic (exact) mass is 402 g/mol. The maximum Gasteiger partial charge on any atom is 0.325 e. The van der Waals surface area contributed by atoms with Gasteiger partial charge >= 0.3 is 5.97 Å². The quantitative estimate of drug-likeness (QED) is 0.579. The van der Waals surface area contributed by atoms with E-state index in [1.165, 1.54) is 24.5 Å². The molecule has 2 aromatic heterocycles. The fraction of sp³-hybridized carbons (Fsp3) is 0.167. The number of esters is 1. The predicted molar refractivity (Wildman–Crippen MR) is 103 cm³/mol. The van der Waals surface area contributed by atoms with Crippen molar-refractivity contribution in [2.45, 2.75) is 6.92 Å². The van der Waals surface area contributed by atoms with Gasteiger partial charge in [-0.2, -0.15) is 4.98 Å². The topological polar surface area (TPSA) is 102 Å². The zero-order valence-electron chi connectivity index (χ0n) is 14.8. The summed E-state index contributed by atoms with van der Waals surface area (Å²) >= 11 is 5.80. The largest absolute Gasteiger partial charge is 0.465 e. The molecule has 0 spiro atoms. The molecule has 3 rings (SSSR count). The molecule has 10 heteroatoms. The van der Waals surface area contributed by atoms with Crippen molar-refractivity contribution >= 4 is 35.0 Å². The fourth-order valence-corrected chi connectivity index (χ4v) is 2.48. The second kappa shape index (κ2) is 9.05. The Morgan fingerprint density at radius 3 is 2.75 bits per heavy atom. The Labute approximate surface area is 165 Å². The summed E-state index contributed by atoms with van der Waals surface area (Å²) in [7, 11) is 0. The number of nitrogens with zero attached hydrogens (tertiary/aromatic N) is 4. The SMILES string of the molecule is CCOC(=O)CNc1nc(Nc2ccc(F)c(Cl)c2)ncc1-c1cncnc1. The maximum atomic E-state index is 13.3. The minimum absolute atomic E-state index is 0.0243. The molecule has 0 amide bonds. The molecule has 144 valence electrons. The van der Waals surface area contributed by atoms with Crippen LogP contribution in [0.25, 0.3) is 11.1 Å². The lowest BCUT2D eigenvalue weighted by atomic mass is 10.1. The van der Waals surface area contributed by atoms with E-state index in [9.17, 15) is 9.18 Å². The van der Waals surface area contributed by atoms with Crippen molar-refractivity contribution in [3.63, 3.8) is 0 Å². The van der Waals surface area contributed by atoms with Crippen molar-refractivity contribution < 1.29 is 13.9 Å². The van der Waals surface area contributed by atoms with Gasteiger partial charge in [0.05, 0.1) is 11.6 Å². The molecule has 0 saturated carbocycles. The van der Waals surface area contributed by atoms with Crippen molar-refractivity contribution in [2.75, 3.05) is 23.8 Å². The van der Waals surface area contributed by atoms with Gasteiger partial charge < -0.3 is 15.4 Å². The van der Waals surface area contributed by atoms with Gasteiger partial charge in [0.2, 0.25) is 5.95 Å². The van der Waals surface area contributed by atoms with Crippen LogP contribution in [-0.4, -0.2) is 39.1 Å². The number of carbonyl (C=O) groups is 1. The Balaban J connectivity index is 1.89. The molecule has 0 radical (unpaired) electrons. The third kappa shape index (κ3) is 4.89. The van der Waals surface area contributed by atoms with Crippen LogP contribution in [0.1, 0.15) is 6.92 Å². The Morgan fingerprint density at radius 1 is 1.25 bits per heavy atom. The van der Waals surface area contributed by atoms with Gasteiger partial charge in [-0.15, -0.1) is 0 Å². The second-order valence-electron chi connectivity index (χ2n) is 5.50. The third-order valence-electron chi connectivity index (χ3n) is 3.54. The average Bonchev–Trinajstić information content (AvgIpc) is 2.70. The van der Waals surface area contributed by atoms with Crippen molar-refractivity contribution in [3.8, 4) is 11.1 Å². The number of aromatic nitrogens is 4. The summed E-state index contributed by atoms with van der Waals surface area (Å²) in [5, 5.41) is 5.85. The van der Waals surface area contributed by atoms with Gasteiger partial charge in [0.25, 0.3) is 0 Å². The summed E-state index contributed by atoms with van der Waals surface area (Å²) in [4.78, 5) is 28.3. The van der Waals surface area contributed by atoms with Gasteiger partial charge in [0, 0.05) is 35.4 Å². The Bertz CT molecular complexity index is 974. The molecule has 0 saturated heterocycles. The highest BCUT2D eigenvalue weighted by molar-refractivity contribution is 6.31. The predicted octanol–water partition coefficient (Wildman–Crippen LogP) is 3.44. The van der Waals surface area contributed by atoms with Gasteiger partial charge in [0.1, 0.15) is 24.5 Å². The van der Waals surface area contributed by atoms with Crippen LogP contribution in [0.4, 0.5) is 21.8 Å². The van der Waals surface area contributed by atoms with Crippen LogP contribution in [0, 0.1) is 5.82 Å². The lowest BCUT2D eigenvalue weighted by Gasteiger charge is -2.13. The minimum atomic E-state index is -0.524. The molecule has 2 N–H and O–H groups in total. The molecule has 0 aliphatic heterocycles. The van der Waals surface area contributed by atoms with Crippen LogP contribution < -0.4 is 10.6 Å². The molecule has 3 aromatic rings. The van der Waals surface area contributed by atoms with E-state index in [-0.39, 0.29) is 24.1 Å². The number of carbonyl (C=O) groups excluding carboxylic acids is 1. The Morgan fingerprint density at radius 2 is 2.04 bits per heavy atom. The fourth-order valence-electron chi connectivity index (χ4n) is 2.30. The molecule has 1 aromatic carbocycles. The van der Waals surface area contributed by atoms with Crippen LogP contribution in [0.2, 0.25) is 5.02 Å². The van der Waals surface area contributed by atoms with Crippen molar-refractivity contribution in [1.29, 1.82) is 0 Å². The normalized spacial score (nSPS) is 10.4. The van der Waals surface area contributed by atoms with Crippen LogP contribution in [0.15, 0.2) is 43.1 Å². The van der Waals surface area contributed by atoms with E-state index in [0.717, 1.165) is 0 Å². The van der Waals surface area contributed by atoms with Gasteiger partial charge in [-0.1, -0.05) is 11.6 Å². The zero-order chi connectivity index (χ0) is 19.9. The highest BCUT2D eigenvalue weighted by Crippen LogP contribution is 2.27. The number of benzene rings is 1. The van der Waals surface area contributed by atoms with E-state index in [4.69, 9.17) is 16.3 Å². The third-order valence-corrected chi connectivity index (χ3v) is 3.83. The first kappa shape index (κ1) is 19.4. The van der Waals surface area contributed by atoms with E-state index >= 15 is 0 Å². The maximum absolute atomic E-state index is 13.3. The second-order valence-corrected chi connectivity index (χ2v) is 5.90. The van der Waals surface area contributed by atoms with Crippen LogP contribution in [-0.2, 0) is 9.53 Å². The molecule has 0 atom stereocenters. The first-order valence-corrected chi connectivity index (χ1v) is 8.68. The molecule has 0 unspecified atom stereocenters. The molecular formula is C18H16ClFN6O2. The van der Waals surface area contributed by atoms with E-state index in [1.54, 1.807) is 25.5 Å². The van der Waals surface area contributed by atoms with E-state index in [2.05, 4.69) is 30.6 Å². The van der Waals surface area contributed by atoms with E-state index in [0.29, 0.717) is 22.6 Å². The molecule has 8 nitrogen and oxygen atoms in total. The molecule has 0 fully saturated rings. The highest BCUT2D eigenvalue weighted by Gasteiger charge is 2.12. The van der Waals surface area contributed by atoms with Crippen molar-refractivity contribution in [3.05, 3.63) is 54.0 Å². The van der Waals surface area contributed by atoms with Crippen LogP contribution in [0.3, 0.4) is 0 Å². The van der Waals surface area contributed by atoms with Crippen molar-refractivity contribution in [2.24, 2.45) is 0 Å². The molecule has 0 aliphatic rings. The summed E-state index contributed by atoms with van der Waals surface area (Å²) in [6, 6.07) is 4.17. The highest BCUT2D eigenvalue weighted by atomic mass is 35.5. The number of hydrogen-bond donors (Lipinski definition) is 2. The molecule has 0 bridgehead atoms. The lowest BCUT2D eigenvalue weighted by Crippen LogP contribution is -2.18. The number of nitrogens with one attached hydrogen (secondary N) is 2. The smallest absolute Gasteiger partial charge is 0.325 e. The molecule has 28 heavy (non-hydrogen) atoms. The van der Waals surface area contributed by atoms with E-state index in [1.807, 2.05) is 0 Å². The minimum Gasteiger partial charge on any atom is -0.465 e. The lowest BCUT2D eigenvalue weighted by molar-refractivity contribution is -0.140. The van der Waals surface area contributed by atoms with Crippen LogP contribution in [0.5, 0.6) is 0 Å². The summed E-state index contributed by atoms with van der Waals surface area (Å²) in [6.45, 7) is 1.93. The molecule has 2 heterocycles. The average molecular weight is 403 g/mol.